The Labute approximate surface area is 140 Å². The van der Waals surface area contributed by atoms with Crippen LogP contribution in [0.5, 0.6) is 11.6 Å². The van der Waals surface area contributed by atoms with Crippen molar-refractivity contribution < 1.29 is 14.3 Å². The summed E-state index contributed by atoms with van der Waals surface area (Å²) >= 11 is 0. The van der Waals surface area contributed by atoms with Gasteiger partial charge in [0.1, 0.15) is 17.1 Å². The van der Waals surface area contributed by atoms with Crippen molar-refractivity contribution in [2.24, 2.45) is 0 Å². The summed E-state index contributed by atoms with van der Waals surface area (Å²) in [5.41, 5.74) is 1.34. The lowest BCUT2D eigenvalue weighted by molar-refractivity contribution is -0.121. The van der Waals surface area contributed by atoms with Crippen molar-refractivity contribution in [3.63, 3.8) is 0 Å². The zero-order valence-corrected chi connectivity index (χ0v) is 14.1. The van der Waals surface area contributed by atoms with Crippen molar-refractivity contribution in [1.82, 2.24) is 10.3 Å². The number of anilines is 1. The van der Waals surface area contributed by atoms with E-state index in [0.717, 1.165) is 10.5 Å². The molecule has 1 aromatic heterocycles. The maximum Gasteiger partial charge on any atom is 0.330 e. The van der Waals surface area contributed by atoms with E-state index >= 15 is 0 Å². The van der Waals surface area contributed by atoms with Gasteiger partial charge in [-0.05, 0) is 57.0 Å². The molecule has 3 amide bonds. The first-order chi connectivity index (χ1) is 11.3. The maximum absolute atomic E-state index is 12.4. The number of imide groups is 1. The highest BCUT2D eigenvalue weighted by Crippen LogP contribution is 2.27. The summed E-state index contributed by atoms with van der Waals surface area (Å²) in [5.74, 6) is 0.870. The van der Waals surface area contributed by atoms with E-state index in [2.05, 4.69) is 10.3 Å². The number of amides is 3. The van der Waals surface area contributed by atoms with Crippen LogP contribution < -0.4 is 15.0 Å². The van der Waals surface area contributed by atoms with Gasteiger partial charge in [-0.3, -0.25) is 4.79 Å². The summed E-state index contributed by atoms with van der Waals surface area (Å²) in [6, 6.07) is 10.2. The molecule has 0 aliphatic carbocycles. The van der Waals surface area contributed by atoms with E-state index in [0.29, 0.717) is 11.6 Å². The summed E-state index contributed by atoms with van der Waals surface area (Å²) in [5, 5.41) is 2.63. The third-order valence-electron chi connectivity index (χ3n) is 4.00. The second kappa shape index (κ2) is 5.63. The molecule has 1 saturated heterocycles. The van der Waals surface area contributed by atoms with Crippen molar-refractivity contribution in [1.29, 1.82) is 0 Å². The summed E-state index contributed by atoms with van der Waals surface area (Å²) in [7, 11) is 0. The van der Waals surface area contributed by atoms with Crippen LogP contribution in [-0.4, -0.2) is 22.5 Å². The highest BCUT2D eigenvalue weighted by Gasteiger charge is 2.45. The van der Waals surface area contributed by atoms with Crippen LogP contribution in [0.1, 0.15) is 25.0 Å². The van der Waals surface area contributed by atoms with E-state index in [1.807, 2.05) is 32.0 Å². The molecule has 6 heteroatoms. The van der Waals surface area contributed by atoms with Crippen LogP contribution in [0.2, 0.25) is 0 Å². The van der Waals surface area contributed by atoms with Gasteiger partial charge in [-0.2, -0.15) is 4.98 Å². The van der Waals surface area contributed by atoms with Crippen molar-refractivity contribution >= 4 is 17.8 Å². The summed E-state index contributed by atoms with van der Waals surface area (Å²) in [6.07, 6.45) is 0. The number of carbonyl (C=O) groups excluding carboxylic acids is 2. The standard InChI is InChI=1S/C18H19N3O3/c1-11-8-9-13(10-12(11)2)24-15-7-5-6-14(19-15)21-16(22)18(3,4)20-17(21)23/h5-10H,1-4H3,(H,20,23). The number of carbonyl (C=O) groups is 2. The number of hydrogen-bond donors (Lipinski definition) is 1. The monoisotopic (exact) mass is 325 g/mol. The van der Waals surface area contributed by atoms with E-state index in [1.54, 1.807) is 32.0 Å². The third-order valence-corrected chi connectivity index (χ3v) is 4.00. The lowest BCUT2D eigenvalue weighted by Crippen LogP contribution is -2.40. The van der Waals surface area contributed by atoms with Gasteiger partial charge in [-0.1, -0.05) is 12.1 Å². The number of aryl methyl sites for hydroxylation is 2. The molecule has 24 heavy (non-hydrogen) atoms. The van der Waals surface area contributed by atoms with Gasteiger partial charge in [0.25, 0.3) is 5.91 Å². The molecule has 0 saturated carbocycles. The molecular formula is C18H19N3O3. The van der Waals surface area contributed by atoms with Crippen LogP contribution in [-0.2, 0) is 4.79 Å². The molecule has 0 unspecified atom stereocenters. The number of pyridine rings is 1. The second-order valence-corrected chi connectivity index (χ2v) is 6.38. The fraction of sp³-hybridized carbons (Fsp3) is 0.278. The molecule has 1 aromatic carbocycles. The third kappa shape index (κ3) is 2.82. The topological polar surface area (TPSA) is 71.5 Å². The Morgan fingerprint density at radius 1 is 1.08 bits per heavy atom. The number of urea groups is 1. The van der Waals surface area contributed by atoms with Crippen molar-refractivity contribution in [2.45, 2.75) is 33.2 Å². The number of aromatic nitrogens is 1. The predicted octanol–water partition coefficient (Wildman–Crippen LogP) is 3.33. The highest BCUT2D eigenvalue weighted by molar-refractivity contribution is 6.22. The first kappa shape index (κ1) is 16.0. The lowest BCUT2D eigenvalue weighted by atomic mass is 10.1. The Bertz CT molecular complexity index is 830. The molecule has 0 radical (unpaired) electrons. The molecule has 124 valence electrons. The van der Waals surface area contributed by atoms with Gasteiger partial charge in [0, 0.05) is 6.07 Å². The van der Waals surface area contributed by atoms with E-state index < -0.39 is 11.6 Å². The summed E-state index contributed by atoms with van der Waals surface area (Å²) < 4.78 is 5.76. The molecule has 0 bridgehead atoms. The van der Waals surface area contributed by atoms with Crippen molar-refractivity contribution in [3.8, 4) is 11.6 Å². The van der Waals surface area contributed by atoms with Gasteiger partial charge < -0.3 is 10.1 Å². The quantitative estimate of drug-likeness (QED) is 0.879. The van der Waals surface area contributed by atoms with Crippen LogP contribution in [0.4, 0.5) is 10.6 Å². The molecule has 1 aliphatic rings. The minimum atomic E-state index is -0.941. The minimum Gasteiger partial charge on any atom is -0.439 e. The Morgan fingerprint density at radius 3 is 2.46 bits per heavy atom. The first-order valence-electron chi connectivity index (χ1n) is 7.67. The maximum atomic E-state index is 12.4. The van der Waals surface area contributed by atoms with Gasteiger partial charge >= 0.3 is 6.03 Å². The average Bonchev–Trinajstić information content (AvgIpc) is 2.71. The Hall–Kier alpha value is -2.89. The number of rotatable bonds is 3. The zero-order valence-electron chi connectivity index (χ0n) is 14.1. The lowest BCUT2D eigenvalue weighted by Gasteiger charge is -2.16. The van der Waals surface area contributed by atoms with E-state index in [1.165, 1.54) is 5.56 Å². The van der Waals surface area contributed by atoms with E-state index in [-0.39, 0.29) is 11.7 Å². The zero-order chi connectivity index (χ0) is 17.5. The van der Waals surface area contributed by atoms with Crippen molar-refractivity contribution in [3.05, 3.63) is 47.5 Å². The number of nitrogens with one attached hydrogen (secondary N) is 1. The number of benzene rings is 1. The van der Waals surface area contributed by atoms with Crippen molar-refractivity contribution in [2.75, 3.05) is 4.90 Å². The van der Waals surface area contributed by atoms with E-state index in [4.69, 9.17) is 4.74 Å². The normalized spacial score (nSPS) is 16.2. The molecule has 1 fully saturated rings. The Balaban J connectivity index is 1.88. The molecule has 2 heterocycles. The Morgan fingerprint density at radius 2 is 1.83 bits per heavy atom. The van der Waals surface area contributed by atoms with Gasteiger partial charge in [-0.25, -0.2) is 9.69 Å². The molecule has 0 atom stereocenters. The molecule has 0 spiro atoms. The number of hydrogen-bond acceptors (Lipinski definition) is 4. The minimum absolute atomic E-state index is 0.240. The van der Waals surface area contributed by atoms with Crippen LogP contribution in [0.3, 0.4) is 0 Å². The SMILES string of the molecule is Cc1ccc(Oc2cccc(N3C(=O)NC(C)(C)C3=O)n2)cc1C. The molecule has 1 aliphatic heterocycles. The summed E-state index contributed by atoms with van der Waals surface area (Å²) in [4.78, 5) is 29.7. The van der Waals surface area contributed by atoms with Crippen LogP contribution in [0.25, 0.3) is 0 Å². The fourth-order valence-corrected chi connectivity index (χ4v) is 2.44. The highest BCUT2D eigenvalue weighted by atomic mass is 16.5. The van der Waals surface area contributed by atoms with Crippen LogP contribution >= 0.6 is 0 Å². The Kier molecular flexibility index (Phi) is 3.75. The average molecular weight is 325 g/mol. The molecule has 2 aromatic rings. The summed E-state index contributed by atoms with van der Waals surface area (Å²) in [6.45, 7) is 7.34. The van der Waals surface area contributed by atoms with Gasteiger partial charge in [0.15, 0.2) is 0 Å². The predicted molar refractivity (Wildman–Crippen MR) is 90.3 cm³/mol. The van der Waals surface area contributed by atoms with Crippen LogP contribution in [0, 0.1) is 13.8 Å². The first-order valence-corrected chi connectivity index (χ1v) is 7.67. The van der Waals surface area contributed by atoms with Gasteiger partial charge in [0.2, 0.25) is 5.88 Å². The van der Waals surface area contributed by atoms with E-state index in [9.17, 15) is 9.59 Å². The van der Waals surface area contributed by atoms with Crippen LogP contribution in [0.15, 0.2) is 36.4 Å². The second-order valence-electron chi connectivity index (χ2n) is 6.38. The molecule has 6 nitrogen and oxygen atoms in total. The molecule has 3 rings (SSSR count). The van der Waals surface area contributed by atoms with Gasteiger partial charge in [0.05, 0.1) is 0 Å². The van der Waals surface area contributed by atoms with Gasteiger partial charge in [-0.15, -0.1) is 0 Å². The largest absolute Gasteiger partial charge is 0.439 e. The number of nitrogens with zero attached hydrogens (tertiary/aromatic N) is 2. The molecular weight excluding hydrogens is 306 g/mol. The fourth-order valence-electron chi connectivity index (χ4n) is 2.44. The smallest absolute Gasteiger partial charge is 0.330 e. The number of ether oxygens (including phenoxy) is 1. The molecule has 1 N–H and O–H groups in total.